The molecule has 0 aromatic heterocycles. The third-order valence-electron chi connectivity index (χ3n) is 1.64. The van der Waals surface area contributed by atoms with Crippen molar-refractivity contribution in [2.45, 2.75) is 12.2 Å². The molecule has 6 heteroatoms. The molecule has 2 atom stereocenters. The van der Waals surface area contributed by atoms with E-state index >= 15 is 0 Å². The lowest BCUT2D eigenvalue weighted by atomic mass is 10.3. The van der Waals surface area contributed by atoms with Crippen molar-refractivity contribution in [1.29, 1.82) is 0 Å². The summed E-state index contributed by atoms with van der Waals surface area (Å²) in [4.78, 5) is 21.3. The van der Waals surface area contributed by atoms with Crippen molar-refractivity contribution in [2.24, 2.45) is 0 Å². The smallest absolute Gasteiger partial charge is 0.424 e. The molecule has 2 aliphatic rings. The molecule has 0 saturated carbocycles. The van der Waals surface area contributed by atoms with Crippen LogP contribution in [-0.4, -0.2) is 37.7 Å². The van der Waals surface area contributed by atoms with Gasteiger partial charge in [-0.15, -0.1) is 0 Å². The van der Waals surface area contributed by atoms with E-state index in [1.807, 2.05) is 0 Å². The number of rotatable bonds is 0. The normalized spacial score (nSPS) is 34.3. The lowest BCUT2D eigenvalue weighted by Gasteiger charge is -2.09. The Bertz CT molecular complexity index is 202. The largest absolute Gasteiger partial charge is 0.519 e. The van der Waals surface area contributed by atoms with Crippen LogP contribution >= 0.6 is 0 Å². The van der Waals surface area contributed by atoms with Crippen LogP contribution in [0.4, 0.5) is 9.59 Å². The Morgan fingerprint density at radius 1 is 1.00 bits per heavy atom. The highest BCUT2D eigenvalue weighted by Crippen LogP contribution is 2.17. The number of cyclic esters (lactones) is 2. The Balaban J connectivity index is 2.12. The fourth-order valence-corrected chi connectivity index (χ4v) is 1.10. The van der Waals surface area contributed by atoms with Gasteiger partial charge >= 0.3 is 12.3 Å². The van der Waals surface area contributed by atoms with Crippen LogP contribution in [-0.2, 0) is 18.9 Å². The maximum atomic E-state index is 10.6. The Labute approximate surface area is 67.3 Å². The zero-order chi connectivity index (χ0) is 8.55. The number of fused-ring (bicyclic) bond motifs is 1. The van der Waals surface area contributed by atoms with Crippen molar-refractivity contribution in [1.82, 2.24) is 0 Å². The molecule has 0 radical (unpaired) electrons. The molecule has 2 aliphatic heterocycles. The first-order valence-corrected chi connectivity index (χ1v) is 3.42. The summed E-state index contributed by atoms with van der Waals surface area (Å²) in [6, 6.07) is 0. The highest BCUT2D eigenvalue weighted by atomic mass is 16.8. The molecule has 2 rings (SSSR count). The zero-order valence-electron chi connectivity index (χ0n) is 6.02. The predicted molar refractivity (Wildman–Crippen MR) is 32.4 cm³/mol. The second-order valence-corrected chi connectivity index (χ2v) is 2.45. The van der Waals surface area contributed by atoms with Gasteiger partial charge in [0, 0.05) is 0 Å². The first-order chi connectivity index (χ1) is 5.75. The summed E-state index contributed by atoms with van der Waals surface area (Å²) in [6.45, 7) is 0.486. The van der Waals surface area contributed by atoms with Crippen molar-refractivity contribution in [3.63, 3.8) is 0 Å². The fraction of sp³-hybridized carbons (Fsp3) is 0.667. The van der Waals surface area contributed by atoms with Gasteiger partial charge in [0.15, 0.2) is 12.2 Å². The van der Waals surface area contributed by atoms with Gasteiger partial charge in [-0.25, -0.2) is 9.59 Å². The van der Waals surface area contributed by atoms with E-state index in [9.17, 15) is 9.59 Å². The fourth-order valence-electron chi connectivity index (χ4n) is 1.10. The SMILES string of the molecule is O=C1OC(=O)O[C@@H]2COC[C@@H]2O1. The van der Waals surface area contributed by atoms with Gasteiger partial charge < -0.3 is 18.9 Å². The minimum Gasteiger partial charge on any atom is -0.424 e. The van der Waals surface area contributed by atoms with Gasteiger partial charge in [-0.1, -0.05) is 0 Å². The van der Waals surface area contributed by atoms with Crippen LogP contribution in [0.2, 0.25) is 0 Å². The van der Waals surface area contributed by atoms with E-state index in [1.54, 1.807) is 0 Å². The summed E-state index contributed by atoms with van der Waals surface area (Å²) in [7, 11) is 0. The summed E-state index contributed by atoms with van der Waals surface area (Å²) in [6.07, 6.45) is -3.11. The molecule has 0 aromatic rings. The van der Waals surface area contributed by atoms with Crippen LogP contribution in [0.5, 0.6) is 0 Å². The topological polar surface area (TPSA) is 71.1 Å². The van der Waals surface area contributed by atoms with E-state index in [4.69, 9.17) is 4.74 Å². The number of carbonyl (C=O) groups is 2. The van der Waals surface area contributed by atoms with Crippen LogP contribution in [0.3, 0.4) is 0 Å². The monoisotopic (exact) mass is 174 g/mol. The van der Waals surface area contributed by atoms with E-state index in [-0.39, 0.29) is 13.2 Å². The van der Waals surface area contributed by atoms with Crippen LogP contribution in [0.25, 0.3) is 0 Å². The Morgan fingerprint density at radius 3 is 2.00 bits per heavy atom. The van der Waals surface area contributed by atoms with Gasteiger partial charge in [0.1, 0.15) is 0 Å². The van der Waals surface area contributed by atoms with E-state index < -0.39 is 24.5 Å². The summed E-state index contributed by atoms with van der Waals surface area (Å²) < 4.78 is 18.4. The molecule has 2 saturated heterocycles. The van der Waals surface area contributed by atoms with Crippen molar-refractivity contribution in [3.05, 3.63) is 0 Å². The lowest BCUT2D eigenvalue weighted by Crippen LogP contribution is -2.28. The van der Waals surface area contributed by atoms with E-state index in [0.29, 0.717) is 0 Å². The number of hydrogen-bond donors (Lipinski definition) is 0. The van der Waals surface area contributed by atoms with Gasteiger partial charge in [-0.2, -0.15) is 0 Å². The molecule has 12 heavy (non-hydrogen) atoms. The molecule has 0 N–H and O–H groups in total. The first kappa shape index (κ1) is 7.35. The Morgan fingerprint density at radius 2 is 1.50 bits per heavy atom. The van der Waals surface area contributed by atoms with E-state index in [1.165, 1.54) is 0 Å². The molecular weight excluding hydrogens is 168 g/mol. The molecule has 0 amide bonds. The summed E-state index contributed by atoms with van der Waals surface area (Å²) >= 11 is 0. The zero-order valence-corrected chi connectivity index (χ0v) is 6.02. The highest BCUT2D eigenvalue weighted by molar-refractivity contribution is 5.77. The van der Waals surface area contributed by atoms with Gasteiger partial charge in [0.05, 0.1) is 13.2 Å². The molecular formula is C6H6O6. The van der Waals surface area contributed by atoms with Gasteiger partial charge in [-0.05, 0) is 0 Å². The minimum absolute atomic E-state index is 0.243. The standard InChI is InChI=1S/C6H6O6/c7-5-10-3-1-9-2-4(3)11-6(8)12-5/h3-4H,1-2H2/t3-,4+. The second-order valence-electron chi connectivity index (χ2n) is 2.45. The molecule has 0 aromatic carbocycles. The van der Waals surface area contributed by atoms with Crippen LogP contribution in [0, 0.1) is 0 Å². The molecule has 0 unspecified atom stereocenters. The molecule has 0 bridgehead atoms. The van der Waals surface area contributed by atoms with Crippen LogP contribution < -0.4 is 0 Å². The average Bonchev–Trinajstić information content (AvgIpc) is 2.31. The Hall–Kier alpha value is -1.30. The van der Waals surface area contributed by atoms with Crippen molar-refractivity contribution in [2.75, 3.05) is 13.2 Å². The summed E-state index contributed by atoms with van der Waals surface area (Å²) in [5, 5.41) is 0. The summed E-state index contributed by atoms with van der Waals surface area (Å²) in [5.41, 5.74) is 0. The third-order valence-corrected chi connectivity index (χ3v) is 1.64. The molecule has 2 fully saturated rings. The molecule has 66 valence electrons. The number of carbonyl (C=O) groups excluding carboxylic acids is 2. The molecule has 6 nitrogen and oxygen atoms in total. The lowest BCUT2D eigenvalue weighted by molar-refractivity contribution is 0.0435. The maximum Gasteiger partial charge on any atom is 0.519 e. The average molecular weight is 174 g/mol. The molecule has 0 spiro atoms. The first-order valence-electron chi connectivity index (χ1n) is 3.42. The number of ether oxygens (including phenoxy) is 4. The highest BCUT2D eigenvalue weighted by Gasteiger charge is 2.39. The van der Waals surface area contributed by atoms with Crippen molar-refractivity contribution >= 4 is 12.3 Å². The van der Waals surface area contributed by atoms with Gasteiger partial charge in [-0.3, -0.25) is 0 Å². The van der Waals surface area contributed by atoms with Gasteiger partial charge in [0.25, 0.3) is 0 Å². The van der Waals surface area contributed by atoms with Gasteiger partial charge in [0.2, 0.25) is 0 Å². The van der Waals surface area contributed by atoms with E-state index in [0.717, 1.165) is 0 Å². The van der Waals surface area contributed by atoms with E-state index in [2.05, 4.69) is 14.2 Å². The maximum absolute atomic E-state index is 10.6. The van der Waals surface area contributed by atoms with Crippen molar-refractivity contribution in [3.8, 4) is 0 Å². The third kappa shape index (κ3) is 1.20. The molecule has 0 aliphatic carbocycles. The quantitative estimate of drug-likeness (QED) is 0.382. The molecule has 2 heterocycles. The minimum atomic E-state index is -1.03. The summed E-state index contributed by atoms with van der Waals surface area (Å²) in [5.74, 6) is 0. The number of hydrogen-bond acceptors (Lipinski definition) is 6. The van der Waals surface area contributed by atoms with Crippen LogP contribution in [0.1, 0.15) is 0 Å². The van der Waals surface area contributed by atoms with Crippen LogP contribution in [0.15, 0.2) is 0 Å². The Kier molecular flexibility index (Phi) is 1.61. The second kappa shape index (κ2) is 2.63. The van der Waals surface area contributed by atoms with Crippen molar-refractivity contribution < 1.29 is 28.5 Å². The predicted octanol–water partition coefficient (Wildman–Crippen LogP) is 0.0572.